The molecule has 0 saturated heterocycles. The zero-order valence-electron chi connectivity index (χ0n) is 12.9. The van der Waals surface area contributed by atoms with Gasteiger partial charge in [-0.05, 0) is 31.2 Å². The van der Waals surface area contributed by atoms with Crippen molar-refractivity contribution in [3.63, 3.8) is 0 Å². The molecule has 0 aliphatic carbocycles. The highest BCUT2D eigenvalue weighted by Gasteiger charge is 2.10. The van der Waals surface area contributed by atoms with Crippen LogP contribution >= 0.6 is 0 Å². The number of hydrogen-bond acceptors (Lipinski definition) is 2. The van der Waals surface area contributed by atoms with Crippen molar-refractivity contribution in [3.05, 3.63) is 71.2 Å². The average molecular weight is 309 g/mol. The Kier molecular flexibility index (Phi) is 3.93. The molecule has 23 heavy (non-hydrogen) atoms. The molecular weight excluding hydrogens is 293 g/mol. The van der Waals surface area contributed by atoms with Crippen molar-refractivity contribution in [1.82, 2.24) is 9.99 Å². The van der Waals surface area contributed by atoms with Gasteiger partial charge in [0.25, 0.3) is 5.91 Å². The van der Waals surface area contributed by atoms with Crippen LogP contribution in [-0.4, -0.2) is 16.7 Å². The van der Waals surface area contributed by atoms with Gasteiger partial charge in [-0.15, -0.1) is 0 Å². The monoisotopic (exact) mass is 309 g/mol. The lowest BCUT2D eigenvalue weighted by atomic mass is 10.1. The maximum Gasteiger partial charge on any atom is 0.271 e. The number of hydrogen-bond donors (Lipinski definition) is 1. The first-order valence-corrected chi connectivity index (χ1v) is 7.21. The Hall–Kier alpha value is -2.95. The highest BCUT2D eigenvalue weighted by molar-refractivity contribution is 6.02. The number of aromatic nitrogens is 1. The smallest absolute Gasteiger partial charge is 0.271 e. The zero-order valence-corrected chi connectivity index (χ0v) is 12.9. The van der Waals surface area contributed by atoms with Gasteiger partial charge in [0.05, 0.1) is 6.21 Å². The van der Waals surface area contributed by atoms with Gasteiger partial charge in [0, 0.05) is 34.8 Å². The summed E-state index contributed by atoms with van der Waals surface area (Å²) in [5.41, 5.74) is 5.76. The van der Waals surface area contributed by atoms with E-state index in [0.29, 0.717) is 0 Å². The SMILES string of the molecule is Cc1c(C=NNC(=O)c2cccc(F)c2)c2ccccc2n1C. The number of amides is 1. The molecular formula is C18H16FN3O. The molecule has 5 heteroatoms. The quantitative estimate of drug-likeness (QED) is 0.585. The van der Waals surface area contributed by atoms with Gasteiger partial charge in [0.15, 0.2) is 0 Å². The fourth-order valence-corrected chi connectivity index (χ4v) is 2.56. The van der Waals surface area contributed by atoms with Crippen molar-refractivity contribution in [2.75, 3.05) is 0 Å². The Balaban J connectivity index is 1.84. The maximum absolute atomic E-state index is 13.1. The van der Waals surface area contributed by atoms with Crippen molar-refractivity contribution in [3.8, 4) is 0 Å². The van der Waals surface area contributed by atoms with Crippen LogP contribution in [0.15, 0.2) is 53.6 Å². The van der Waals surface area contributed by atoms with Crippen LogP contribution in [0.2, 0.25) is 0 Å². The maximum atomic E-state index is 13.1. The Bertz CT molecular complexity index is 912. The largest absolute Gasteiger partial charge is 0.347 e. The minimum atomic E-state index is -0.452. The normalized spacial score (nSPS) is 11.3. The van der Waals surface area contributed by atoms with Crippen LogP contribution in [0, 0.1) is 12.7 Å². The Morgan fingerprint density at radius 3 is 2.78 bits per heavy atom. The van der Waals surface area contributed by atoms with Gasteiger partial charge in [-0.25, -0.2) is 9.82 Å². The summed E-state index contributed by atoms with van der Waals surface area (Å²) in [7, 11) is 1.99. The van der Waals surface area contributed by atoms with Crippen molar-refractivity contribution in [2.24, 2.45) is 12.1 Å². The van der Waals surface area contributed by atoms with E-state index >= 15 is 0 Å². The van der Waals surface area contributed by atoms with Gasteiger partial charge in [0.2, 0.25) is 0 Å². The zero-order chi connectivity index (χ0) is 16.4. The molecule has 0 aliphatic rings. The third-order valence-electron chi connectivity index (χ3n) is 3.90. The number of rotatable bonds is 3. The Morgan fingerprint density at radius 2 is 2.00 bits per heavy atom. The third-order valence-corrected chi connectivity index (χ3v) is 3.90. The lowest BCUT2D eigenvalue weighted by Gasteiger charge is -2.00. The fourth-order valence-electron chi connectivity index (χ4n) is 2.56. The van der Waals surface area contributed by atoms with E-state index in [0.717, 1.165) is 22.2 Å². The summed E-state index contributed by atoms with van der Waals surface area (Å²) in [6, 6.07) is 13.5. The van der Waals surface area contributed by atoms with E-state index < -0.39 is 11.7 Å². The topological polar surface area (TPSA) is 46.4 Å². The van der Waals surface area contributed by atoms with E-state index in [1.54, 1.807) is 6.21 Å². The van der Waals surface area contributed by atoms with Crippen LogP contribution in [0.25, 0.3) is 10.9 Å². The van der Waals surface area contributed by atoms with E-state index in [9.17, 15) is 9.18 Å². The second kappa shape index (κ2) is 6.04. The van der Waals surface area contributed by atoms with Gasteiger partial charge >= 0.3 is 0 Å². The highest BCUT2D eigenvalue weighted by Crippen LogP contribution is 2.22. The first kappa shape index (κ1) is 15.0. The predicted molar refractivity (Wildman–Crippen MR) is 89.1 cm³/mol. The van der Waals surface area contributed by atoms with Crippen LogP contribution in [0.1, 0.15) is 21.6 Å². The van der Waals surface area contributed by atoms with Gasteiger partial charge in [-0.1, -0.05) is 24.3 Å². The fraction of sp³-hybridized carbons (Fsp3) is 0.111. The molecule has 2 aromatic carbocycles. The first-order valence-electron chi connectivity index (χ1n) is 7.21. The van der Waals surface area contributed by atoms with Crippen LogP contribution < -0.4 is 5.43 Å². The molecule has 1 N–H and O–H groups in total. The van der Waals surface area contributed by atoms with E-state index in [2.05, 4.69) is 15.1 Å². The summed E-state index contributed by atoms with van der Waals surface area (Å²) >= 11 is 0. The Morgan fingerprint density at radius 1 is 1.22 bits per heavy atom. The highest BCUT2D eigenvalue weighted by atomic mass is 19.1. The summed E-state index contributed by atoms with van der Waals surface area (Å²) in [6.45, 7) is 2.00. The van der Waals surface area contributed by atoms with E-state index in [4.69, 9.17) is 0 Å². The Labute approximate surface area is 133 Å². The molecule has 3 rings (SSSR count). The lowest BCUT2D eigenvalue weighted by molar-refractivity contribution is 0.0954. The summed E-state index contributed by atoms with van der Waals surface area (Å²) in [6.07, 6.45) is 1.62. The minimum absolute atomic E-state index is 0.233. The third kappa shape index (κ3) is 2.85. The van der Waals surface area contributed by atoms with E-state index in [-0.39, 0.29) is 5.56 Å². The standard InChI is InChI=1S/C18H16FN3O/c1-12-16(15-8-3-4-9-17(15)22(12)2)11-20-21-18(23)13-6-5-7-14(19)10-13/h3-11H,1-2H3,(H,21,23). The lowest BCUT2D eigenvalue weighted by Crippen LogP contribution is -2.17. The predicted octanol–water partition coefficient (Wildman–Crippen LogP) is 3.39. The molecule has 0 aliphatic heterocycles. The first-order chi connectivity index (χ1) is 11.1. The van der Waals surface area contributed by atoms with Gasteiger partial charge < -0.3 is 4.57 Å². The van der Waals surface area contributed by atoms with E-state index in [1.807, 2.05) is 38.2 Å². The van der Waals surface area contributed by atoms with Crippen molar-refractivity contribution in [2.45, 2.75) is 6.92 Å². The minimum Gasteiger partial charge on any atom is -0.347 e. The summed E-state index contributed by atoms with van der Waals surface area (Å²) in [5, 5.41) is 5.08. The summed E-state index contributed by atoms with van der Waals surface area (Å²) in [4.78, 5) is 11.9. The molecule has 0 saturated carbocycles. The number of aryl methyl sites for hydroxylation is 1. The molecule has 3 aromatic rings. The number of nitrogens with zero attached hydrogens (tertiary/aromatic N) is 2. The number of carbonyl (C=O) groups is 1. The number of benzene rings is 2. The molecule has 0 radical (unpaired) electrons. The van der Waals surface area contributed by atoms with Crippen molar-refractivity contribution < 1.29 is 9.18 Å². The second-order valence-corrected chi connectivity index (χ2v) is 5.28. The van der Waals surface area contributed by atoms with E-state index in [1.165, 1.54) is 24.3 Å². The number of halogens is 1. The molecule has 0 atom stereocenters. The molecule has 116 valence electrons. The number of nitrogens with one attached hydrogen (secondary N) is 1. The van der Waals surface area contributed by atoms with Crippen LogP contribution in [0.4, 0.5) is 4.39 Å². The van der Waals surface area contributed by atoms with Crippen LogP contribution in [0.5, 0.6) is 0 Å². The number of hydrazone groups is 1. The number of para-hydroxylation sites is 1. The van der Waals surface area contributed by atoms with Gasteiger partial charge in [-0.2, -0.15) is 5.10 Å². The second-order valence-electron chi connectivity index (χ2n) is 5.28. The number of carbonyl (C=O) groups excluding carboxylic acids is 1. The molecule has 1 heterocycles. The molecule has 1 amide bonds. The van der Waals surface area contributed by atoms with Crippen molar-refractivity contribution in [1.29, 1.82) is 0 Å². The average Bonchev–Trinajstić information content (AvgIpc) is 2.80. The van der Waals surface area contributed by atoms with Gasteiger partial charge in [-0.3, -0.25) is 4.79 Å². The molecule has 0 bridgehead atoms. The van der Waals surface area contributed by atoms with Gasteiger partial charge in [0.1, 0.15) is 5.82 Å². The number of fused-ring (bicyclic) bond motifs is 1. The molecule has 0 fully saturated rings. The molecule has 4 nitrogen and oxygen atoms in total. The molecule has 0 spiro atoms. The molecule has 1 aromatic heterocycles. The van der Waals surface area contributed by atoms with Crippen molar-refractivity contribution >= 4 is 23.0 Å². The van der Waals surface area contributed by atoms with Crippen LogP contribution in [-0.2, 0) is 7.05 Å². The molecule has 0 unspecified atom stereocenters. The van der Waals surface area contributed by atoms with Crippen LogP contribution in [0.3, 0.4) is 0 Å². The summed E-state index contributed by atoms with van der Waals surface area (Å²) < 4.78 is 15.2. The summed E-state index contributed by atoms with van der Waals surface area (Å²) in [5.74, 6) is -0.898.